The molecule has 0 aliphatic carbocycles. The molecule has 0 aliphatic heterocycles. The molecular weight excluding hydrogens is 427 g/mol. The zero-order valence-corrected chi connectivity index (χ0v) is 18.6. The van der Waals surface area contributed by atoms with Gasteiger partial charge in [-0.25, -0.2) is 0 Å². The van der Waals surface area contributed by atoms with Crippen molar-refractivity contribution in [1.29, 1.82) is 0 Å². The van der Waals surface area contributed by atoms with Crippen LogP contribution in [0.3, 0.4) is 0 Å². The second-order valence-corrected chi connectivity index (χ2v) is 16.3. The molecule has 0 atom stereocenters. The van der Waals surface area contributed by atoms with Crippen molar-refractivity contribution < 1.29 is 7.87 Å². The van der Waals surface area contributed by atoms with E-state index >= 15 is 0 Å². The van der Waals surface area contributed by atoms with Gasteiger partial charge in [0.25, 0.3) is 0 Å². The summed E-state index contributed by atoms with van der Waals surface area (Å²) in [5.41, 5.74) is 3.53. The quantitative estimate of drug-likeness (QED) is 0.571. The van der Waals surface area contributed by atoms with Crippen molar-refractivity contribution in [3.05, 3.63) is 89.5 Å². The van der Waals surface area contributed by atoms with E-state index in [1.165, 1.54) is 23.6 Å². The zero-order valence-electron chi connectivity index (χ0n) is 15.7. The Morgan fingerprint density at radius 1 is 0.692 bits per heavy atom. The zero-order chi connectivity index (χ0) is 18.7. The molecule has 3 rings (SSSR count). The molecule has 0 radical (unpaired) electrons. The third-order valence-electron chi connectivity index (χ3n) is 4.57. The summed E-state index contributed by atoms with van der Waals surface area (Å²) in [4.78, 5) is 12.3. The SMILES string of the molecule is CC(=O)[O][Sn]([c]1cccc(C)c1)([c]1cccc(C)c1)[c]1cccc(C)c1. The number of hydrogen-bond donors (Lipinski definition) is 0. The first kappa shape index (κ1) is 18.7. The number of aryl methyl sites for hydroxylation is 3. The van der Waals surface area contributed by atoms with Crippen molar-refractivity contribution in [2.45, 2.75) is 27.7 Å². The van der Waals surface area contributed by atoms with Gasteiger partial charge in [0.15, 0.2) is 0 Å². The molecule has 132 valence electrons. The van der Waals surface area contributed by atoms with Crippen LogP contribution in [0.1, 0.15) is 23.6 Å². The molecule has 0 aliphatic rings. The van der Waals surface area contributed by atoms with Crippen molar-refractivity contribution in [2.75, 3.05) is 0 Å². The average molecular weight is 451 g/mol. The van der Waals surface area contributed by atoms with Gasteiger partial charge in [0.2, 0.25) is 0 Å². The van der Waals surface area contributed by atoms with Gasteiger partial charge in [-0.3, -0.25) is 0 Å². The summed E-state index contributed by atoms with van der Waals surface area (Å²) in [6.07, 6.45) is 0. The summed E-state index contributed by atoms with van der Waals surface area (Å²) in [6.45, 7) is 7.77. The number of carbonyl (C=O) groups is 1. The van der Waals surface area contributed by atoms with Crippen LogP contribution in [0, 0.1) is 20.8 Å². The van der Waals surface area contributed by atoms with Gasteiger partial charge in [0.1, 0.15) is 0 Å². The summed E-state index contributed by atoms with van der Waals surface area (Å²) >= 11 is -3.93. The van der Waals surface area contributed by atoms with Crippen LogP contribution >= 0.6 is 0 Å². The van der Waals surface area contributed by atoms with Gasteiger partial charge in [-0.2, -0.15) is 0 Å². The van der Waals surface area contributed by atoms with Crippen LogP contribution in [-0.4, -0.2) is 24.8 Å². The topological polar surface area (TPSA) is 26.3 Å². The Kier molecular flexibility index (Phi) is 5.52. The number of carbonyl (C=O) groups excluding carboxylic acids is 1. The van der Waals surface area contributed by atoms with E-state index in [-0.39, 0.29) is 5.97 Å². The van der Waals surface area contributed by atoms with Gasteiger partial charge in [-0.15, -0.1) is 0 Å². The fourth-order valence-electron chi connectivity index (χ4n) is 3.48. The molecular formula is C23H24O2Sn. The maximum absolute atomic E-state index is 12.3. The number of rotatable bonds is 4. The molecule has 0 fully saturated rings. The summed E-state index contributed by atoms with van der Waals surface area (Å²) in [5, 5.41) is 0. The molecule has 3 heteroatoms. The monoisotopic (exact) mass is 452 g/mol. The van der Waals surface area contributed by atoms with Gasteiger partial charge in [0.05, 0.1) is 0 Å². The van der Waals surface area contributed by atoms with Crippen LogP contribution in [0.25, 0.3) is 0 Å². The molecule has 0 aromatic heterocycles. The normalized spacial score (nSPS) is 11.2. The molecule has 3 aromatic rings. The van der Waals surface area contributed by atoms with Crippen LogP contribution in [0.5, 0.6) is 0 Å². The van der Waals surface area contributed by atoms with E-state index in [0.717, 1.165) is 10.7 Å². The van der Waals surface area contributed by atoms with Gasteiger partial charge in [0, 0.05) is 0 Å². The summed E-state index contributed by atoms with van der Waals surface area (Å²) in [5.74, 6) is -0.217. The molecule has 0 unspecified atom stereocenters. The number of hydrogen-bond acceptors (Lipinski definition) is 2. The van der Waals surface area contributed by atoms with Crippen LogP contribution < -0.4 is 10.7 Å². The average Bonchev–Trinajstić information content (AvgIpc) is 2.59. The van der Waals surface area contributed by atoms with Crippen LogP contribution in [-0.2, 0) is 7.87 Å². The van der Waals surface area contributed by atoms with E-state index in [9.17, 15) is 4.79 Å². The van der Waals surface area contributed by atoms with E-state index < -0.39 is 18.8 Å². The first-order valence-corrected chi connectivity index (χ1v) is 14.3. The van der Waals surface area contributed by atoms with E-state index in [1.807, 2.05) is 0 Å². The second kappa shape index (κ2) is 7.66. The van der Waals surface area contributed by atoms with E-state index in [2.05, 4.69) is 93.6 Å². The fourth-order valence-corrected chi connectivity index (χ4v) is 15.1. The predicted octanol–water partition coefficient (Wildman–Crippen LogP) is 3.14. The third-order valence-corrected chi connectivity index (χ3v) is 15.9. The molecule has 0 N–H and O–H groups in total. The van der Waals surface area contributed by atoms with Crippen molar-refractivity contribution in [2.24, 2.45) is 0 Å². The van der Waals surface area contributed by atoms with Crippen LogP contribution in [0.15, 0.2) is 72.8 Å². The minimum atomic E-state index is -3.93. The van der Waals surface area contributed by atoms with Crippen molar-refractivity contribution in [1.82, 2.24) is 0 Å². The Morgan fingerprint density at radius 2 is 1.04 bits per heavy atom. The van der Waals surface area contributed by atoms with Gasteiger partial charge in [-0.1, -0.05) is 0 Å². The van der Waals surface area contributed by atoms with Gasteiger partial charge >= 0.3 is 161 Å². The molecule has 0 saturated carbocycles. The Morgan fingerprint density at radius 3 is 1.31 bits per heavy atom. The summed E-state index contributed by atoms with van der Waals surface area (Å²) in [7, 11) is 0. The van der Waals surface area contributed by atoms with Crippen molar-refractivity contribution >= 4 is 35.5 Å². The standard InChI is InChI=1S/3C7H7.C2H4O2.Sn/c3*1-7-5-3-2-4-6-7;1-2(3)4;/h3*2-3,5-6H,1H3;1H3,(H,3,4);/q;;;;+1/p-1. The van der Waals surface area contributed by atoms with Gasteiger partial charge in [-0.05, 0) is 0 Å². The first-order valence-electron chi connectivity index (χ1n) is 8.83. The second-order valence-electron chi connectivity index (χ2n) is 6.88. The summed E-state index contributed by atoms with van der Waals surface area (Å²) in [6, 6.07) is 25.4. The molecule has 0 saturated heterocycles. The Bertz CT molecular complexity index is 835. The van der Waals surface area contributed by atoms with E-state index in [1.54, 1.807) is 0 Å². The predicted molar refractivity (Wildman–Crippen MR) is 110 cm³/mol. The van der Waals surface area contributed by atoms with Crippen LogP contribution in [0.2, 0.25) is 0 Å². The maximum atomic E-state index is 12.3. The third kappa shape index (κ3) is 3.70. The molecule has 2 nitrogen and oxygen atoms in total. The minimum absolute atomic E-state index is 0.217. The van der Waals surface area contributed by atoms with Crippen molar-refractivity contribution in [3.63, 3.8) is 0 Å². The molecule has 0 spiro atoms. The Hall–Kier alpha value is -2.07. The van der Waals surface area contributed by atoms with E-state index in [0.29, 0.717) is 0 Å². The Labute approximate surface area is 160 Å². The first-order chi connectivity index (χ1) is 12.4. The van der Waals surface area contributed by atoms with Crippen LogP contribution in [0.4, 0.5) is 0 Å². The molecule has 26 heavy (non-hydrogen) atoms. The fraction of sp³-hybridized carbons (Fsp3) is 0.174. The molecule has 0 amide bonds. The summed E-state index contributed by atoms with van der Waals surface area (Å²) < 4.78 is 9.81. The van der Waals surface area contributed by atoms with Crippen molar-refractivity contribution in [3.8, 4) is 0 Å². The molecule has 3 aromatic carbocycles. The molecule has 0 heterocycles. The number of benzene rings is 3. The Balaban J connectivity index is 2.40. The molecule has 0 bridgehead atoms. The van der Waals surface area contributed by atoms with Gasteiger partial charge < -0.3 is 0 Å². The van der Waals surface area contributed by atoms with E-state index in [4.69, 9.17) is 3.07 Å².